The molecule has 0 aliphatic carbocycles. The SMILES string of the molecule is C.II.O=P(O)(O)CC[n+]1ccc(-c2cc[n+](CCO)cc2)cc1.O=PO. The number of aryl methyl sites for hydroxylation is 1. The van der Waals surface area contributed by atoms with Crippen molar-refractivity contribution >= 4 is 53.5 Å². The molecule has 2 rings (SSSR count). The number of aliphatic hydroxyl groups is 1. The largest absolute Gasteiger partial charge is 0.390 e. The highest BCUT2D eigenvalue weighted by molar-refractivity contribution is 15.0. The summed E-state index contributed by atoms with van der Waals surface area (Å²) in [5.41, 5.74) is 2.07. The number of hydrogen-bond donors (Lipinski definition) is 4. The second-order valence-electron chi connectivity index (χ2n) is 4.84. The minimum atomic E-state index is -3.96. The number of halogens is 2. The maximum absolute atomic E-state index is 10.8. The molecule has 0 aliphatic rings. The maximum Gasteiger partial charge on any atom is 0.331 e. The lowest BCUT2D eigenvalue weighted by atomic mass is 10.1. The lowest BCUT2D eigenvalue weighted by molar-refractivity contribution is -0.698. The normalized spacial score (nSPS) is 10.0. The van der Waals surface area contributed by atoms with Gasteiger partial charge in [-0.05, 0) is 11.1 Å². The van der Waals surface area contributed by atoms with Crippen LogP contribution in [0, 0.1) is 0 Å². The van der Waals surface area contributed by atoms with Gasteiger partial charge >= 0.3 is 16.3 Å². The van der Waals surface area contributed by atoms with E-state index in [9.17, 15) is 4.57 Å². The summed E-state index contributed by atoms with van der Waals surface area (Å²) in [6, 6.07) is 7.74. The lowest BCUT2D eigenvalue weighted by Crippen LogP contribution is -2.34. The van der Waals surface area contributed by atoms with Gasteiger partial charge in [0.1, 0.15) is 12.8 Å². The van der Waals surface area contributed by atoms with E-state index in [0.717, 1.165) is 11.1 Å². The third-order valence-corrected chi connectivity index (χ3v) is 3.91. The van der Waals surface area contributed by atoms with Crippen LogP contribution < -0.4 is 9.13 Å². The fourth-order valence-corrected chi connectivity index (χ4v) is 2.45. The van der Waals surface area contributed by atoms with Crippen molar-refractivity contribution in [1.29, 1.82) is 0 Å². The molecule has 8 nitrogen and oxygen atoms in total. The molecule has 0 unspecified atom stereocenters. The van der Waals surface area contributed by atoms with E-state index in [0.29, 0.717) is 6.54 Å². The van der Waals surface area contributed by atoms with Crippen molar-refractivity contribution in [3.63, 3.8) is 0 Å². The van der Waals surface area contributed by atoms with Gasteiger partial charge in [-0.2, -0.15) is 0 Å². The van der Waals surface area contributed by atoms with Crippen molar-refractivity contribution in [3.8, 4) is 11.1 Å². The highest BCUT2D eigenvalue weighted by Crippen LogP contribution is 2.33. The summed E-state index contributed by atoms with van der Waals surface area (Å²) in [7, 11) is -4.79. The van der Waals surface area contributed by atoms with E-state index in [1.807, 2.05) is 41.2 Å². The second kappa shape index (κ2) is 16.8. The Hall–Kier alpha value is -0.0700. The van der Waals surface area contributed by atoms with Crippen LogP contribution in [0.2, 0.25) is 0 Å². The third-order valence-electron chi connectivity index (χ3n) is 3.12. The Balaban J connectivity index is 0. The number of aromatic nitrogens is 2. The van der Waals surface area contributed by atoms with Crippen molar-refractivity contribution in [1.82, 2.24) is 0 Å². The van der Waals surface area contributed by atoms with Crippen molar-refractivity contribution in [2.45, 2.75) is 20.5 Å². The molecule has 0 saturated carbocycles. The van der Waals surface area contributed by atoms with Crippen LogP contribution in [0.3, 0.4) is 0 Å². The standard InChI is InChI=1S/C14H17N2O4P.CH4.I2.HO2P/c17-11-9-15-5-1-13(2-6-15)14-3-7-16(8-4-14)10-12-21(18,19)20;;1-2;1-3-2/h1-8,17H,9-12H2;1H4;;(H,1,2)/p+2. The van der Waals surface area contributed by atoms with Crippen molar-refractivity contribution in [3.05, 3.63) is 49.1 Å². The molecule has 2 aromatic heterocycles. The summed E-state index contributed by atoms with van der Waals surface area (Å²) in [6.07, 6.45) is 7.25. The predicted octanol–water partition coefficient (Wildman–Crippen LogP) is 2.69. The van der Waals surface area contributed by atoms with Gasteiger partial charge in [0.05, 0.1) is 0 Å². The van der Waals surface area contributed by atoms with Crippen LogP contribution in [0.5, 0.6) is 0 Å². The zero-order valence-corrected chi connectivity index (χ0v) is 19.7. The summed E-state index contributed by atoms with van der Waals surface area (Å²) < 4.78 is 22.9. The number of pyridine rings is 2. The van der Waals surface area contributed by atoms with Crippen LogP contribution >= 0.6 is 53.5 Å². The molecule has 2 aromatic rings. The first-order valence-corrected chi connectivity index (χ1v) is 16.0. The first-order chi connectivity index (χ1) is 12.4. The molecule has 0 atom stereocenters. The van der Waals surface area contributed by atoms with Gasteiger partial charge in [0.15, 0.2) is 37.9 Å². The minimum absolute atomic E-state index is 0. The smallest absolute Gasteiger partial charge is 0.331 e. The van der Waals surface area contributed by atoms with Crippen LogP contribution in [0.4, 0.5) is 0 Å². The highest BCUT2D eigenvalue weighted by atomic mass is 128. The van der Waals surface area contributed by atoms with E-state index in [-0.39, 0.29) is 26.7 Å². The quantitative estimate of drug-likeness (QED) is 0.218. The van der Waals surface area contributed by atoms with Crippen LogP contribution in [0.1, 0.15) is 7.43 Å². The van der Waals surface area contributed by atoms with Crippen LogP contribution in [-0.2, 0) is 22.2 Å². The average Bonchev–Trinajstić information content (AvgIpc) is 2.63. The van der Waals surface area contributed by atoms with Gasteiger partial charge < -0.3 is 19.8 Å². The van der Waals surface area contributed by atoms with Crippen LogP contribution in [-0.4, -0.2) is 32.6 Å². The second-order valence-corrected chi connectivity index (χ2v) is 6.78. The Bertz CT molecular complexity index is 684. The summed E-state index contributed by atoms with van der Waals surface area (Å²) in [5.74, 6) is 0. The van der Waals surface area contributed by atoms with Crippen molar-refractivity contribution < 1.29 is 38.1 Å². The molecule has 0 aliphatic heterocycles. The molecule has 0 amide bonds. The zero-order chi connectivity index (χ0) is 20.0. The van der Waals surface area contributed by atoms with Gasteiger partial charge in [-0.25, -0.2) is 13.7 Å². The van der Waals surface area contributed by atoms with Crippen LogP contribution in [0.15, 0.2) is 49.1 Å². The summed E-state index contributed by atoms with van der Waals surface area (Å²) in [6.45, 7) is 0.961. The van der Waals surface area contributed by atoms with Gasteiger partial charge in [0.25, 0.3) is 0 Å². The van der Waals surface area contributed by atoms with Gasteiger partial charge in [-0.3, -0.25) is 4.57 Å². The van der Waals surface area contributed by atoms with Crippen molar-refractivity contribution in [2.75, 3.05) is 12.8 Å². The molecule has 0 spiro atoms. The predicted molar refractivity (Wildman–Crippen MR) is 121 cm³/mol. The Morgan fingerprint density at radius 2 is 1.26 bits per heavy atom. The molecular weight excluding hydrogens is 620 g/mol. The van der Waals surface area contributed by atoms with E-state index in [1.54, 1.807) is 17.0 Å². The fraction of sp³-hybridized carbons (Fsp3) is 0.333. The maximum atomic E-state index is 10.8. The molecule has 4 N–H and O–H groups in total. The zero-order valence-electron chi connectivity index (χ0n) is 13.6. The molecule has 0 saturated heterocycles. The monoisotopic (exact) mass is 644 g/mol. The van der Waals surface area contributed by atoms with Crippen LogP contribution in [0.25, 0.3) is 11.1 Å². The Kier molecular flexibility index (Phi) is 18.2. The lowest BCUT2D eigenvalue weighted by Gasteiger charge is -2.02. The average molecular weight is 644 g/mol. The Labute approximate surface area is 184 Å². The molecule has 0 bridgehead atoms. The molecular formula is C15H24I2N2O6P2+2. The van der Waals surface area contributed by atoms with Crippen molar-refractivity contribution in [2.24, 2.45) is 0 Å². The molecule has 0 radical (unpaired) electrons. The fourth-order valence-electron chi connectivity index (χ4n) is 1.96. The first-order valence-electron chi connectivity index (χ1n) is 7.14. The van der Waals surface area contributed by atoms with E-state index >= 15 is 0 Å². The van der Waals surface area contributed by atoms with E-state index < -0.39 is 16.3 Å². The molecule has 27 heavy (non-hydrogen) atoms. The number of rotatable bonds is 6. The number of nitrogens with zero attached hydrogens (tertiary/aromatic N) is 2. The number of aliphatic hydroxyl groups excluding tert-OH is 1. The molecule has 12 heteroatoms. The summed E-state index contributed by atoms with van der Waals surface area (Å²) in [5, 5.41) is 8.87. The topological polar surface area (TPSA) is 123 Å². The van der Waals surface area contributed by atoms with E-state index in [1.165, 1.54) is 0 Å². The van der Waals surface area contributed by atoms with Gasteiger partial charge in [-0.15, -0.1) is 0 Å². The van der Waals surface area contributed by atoms with E-state index in [2.05, 4.69) is 37.2 Å². The van der Waals surface area contributed by atoms with Gasteiger partial charge in [0, 0.05) is 61.5 Å². The highest BCUT2D eigenvalue weighted by Gasteiger charge is 2.15. The van der Waals surface area contributed by atoms with E-state index in [4.69, 9.17) is 24.4 Å². The van der Waals surface area contributed by atoms with Gasteiger partial charge in [0.2, 0.25) is 0 Å². The minimum Gasteiger partial charge on any atom is -0.390 e. The molecule has 152 valence electrons. The molecule has 2 heterocycles. The molecule has 0 aromatic carbocycles. The number of hydrogen-bond acceptors (Lipinski definition) is 3. The summed E-state index contributed by atoms with van der Waals surface area (Å²) >= 11 is 4.24. The summed E-state index contributed by atoms with van der Waals surface area (Å²) in [4.78, 5) is 24.7. The first kappa shape index (κ1) is 29.1. The Morgan fingerprint density at radius 1 is 0.926 bits per heavy atom. The third kappa shape index (κ3) is 13.7. The van der Waals surface area contributed by atoms with Gasteiger partial charge in [-0.1, -0.05) is 7.43 Å². The molecule has 0 fully saturated rings. The Morgan fingerprint density at radius 3 is 1.56 bits per heavy atom.